The maximum absolute atomic E-state index is 12.6. The minimum atomic E-state index is -0.517. The third-order valence-electron chi connectivity index (χ3n) is 4.81. The van der Waals surface area contributed by atoms with Gasteiger partial charge in [0.15, 0.2) is 11.0 Å². The van der Waals surface area contributed by atoms with Gasteiger partial charge in [-0.15, -0.1) is 10.2 Å². The van der Waals surface area contributed by atoms with Crippen molar-refractivity contribution in [2.24, 2.45) is 14.1 Å². The molecule has 0 radical (unpaired) electrons. The van der Waals surface area contributed by atoms with Crippen molar-refractivity contribution in [1.29, 1.82) is 0 Å². The molecule has 0 saturated heterocycles. The zero-order chi connectivity index (χ0) is 22.7. The minimum Gasteiger partial charge on any atom is -0.311 e. The van der Waals surface area contributed by atoms with Crippen LogP contribution >= 0.6 is 11.8 Å². The summed E-state index contributed by atoms with van der Waals surface area (Å²) in [4.78, 5) is 36.5. The fourth-order valence-corrected chi connectivity index (χ4v) is 3.86. The summed E-state index contributed by atoms with van der Waals surface area (Å²) in [7, 11) is 2.87. The topological polar surface area (TPSA) is 104 Å². The first-order valence-electron chi connectivity index (χ1n) is 9.71. The van der Waals surface area contributed by atoms with Crippen LogP contribution in [-0.2, 0) is 18.9 Å². The fourth-order valence-electron chi connectivity index (χ4n) is 3.11. The van der Waals surface area contributed by atoms with Crippen LogP contribution in [0.2, 0.25) is 0 Å². The van der Waals surface area contributed by atoms with E-state index in [1.165, 1.54) is 36.5 Å². The molecule has 0 atom stereocenters. The van der Waals surface area contributed by atoms with Crippen LogP contribution in [0.1, 0.15) is 0 Å². The Labute approximate surface area is 187 Å². The van der Waals surface area contributed by atoms with E-state index in [4.69, 9.17) is 0 Å². The molecule has 0 aliphatic heterocycles. The van der Waals surface area contributed by atoms with E-state index in [1.807, 2.05) is 65.2 Å². The van der Waals surface area contributed by atoms with Crippen LogP contribution in [0.3, 0.4) is 0 Å². The zero-order valence-corrected chi connectivity index (χ0v) is 18.2. The summed E-state index contributed by atoms with van der Waals surface area (Å²) in [6.45, 7) is 0. The number of aromatic nitrogens is 5. The van der Waals surface area contributed by atoms with Crippen molar-refractivity contribution < 1.29 is 4.79 Å². The predicted octanol–water partition coefficient (Wildman–Crippen LogP) is 2.06. The molecule has 4 aromatic rings. The van der Waals surface area contributed by atoms with E-state index in [1.54, 1.807) is 0 Å². The Bertz CT molecular complexity index is 1380. The Morgan fingerprint density at radius 2 is 1.59 bits per heavy atom. The monoisotopic (exact) mass is 448 g/mol. The second-order valence-electron chi connectivity index (χ2n) is 6.95. The summed E-state index contributed by atoms with van der Waals surface area (Å²) in [5.41, 5.74) is 0.757. The molecule has 0 bridgehead atoms. The van der Waals surface area contributed by atoms with Crippen LogP contribution in [0.15, 0.2) is 81.5 Å². The first-order chi connectivity index (χ1) is 15.5. The Morgan fingerprint density at radius 1 is 0.938 bits per heavy atom. The van der Waals surface area contributed by atoms with Crippen molar-refractivity contribution in [2.75, 3.05) is 11.1 Å². The van der Waals surface area contributed by atoms with E-state index in [9.17, 15) is 14.4 Å². The van der Waals surface area contributed by atoms with E-state index in [0.29, 0.717) is 11.0 Å². The average molecular weight is 449 g/mol. The largest absolute Gasteiger partial charge is 0.332 e. The number of hydrogen-bond acceptors (Lipinski definition) is 6. The highest BCUT2D eigenvalue weighted by atomic mass is 32.2. The SMILES string of the molecule is Cn1c(NC(=O)CSc2nnc(-c3ccccc3)n2-c2ccccc2)cc(=O)n(C)c1=O. The Kier molecular flexibility index (Phi) is 6.04. The van der Waals surface area contributed by atoms with Gasteiger partial charge in [0.05, 0.1) is 5.75 Å². The molecule has 32 heavy (non-hydrogen) atoms. The van der Waals surface area contributed by atoms with Crippen LogP contribution in [0.25, 0.3) is 17.1 Å². The van der Waals surface area contributed by atoms with Crippen LogP contribution in [0, 0.1) is 0 Å². The molecule has 2 aromatic carbocycles. The van der Waals surface area contributed by atoms with Crippen LogP contribution < -0.4 is 16.6 Å². The third-order valence-corrected chi connectivity index (χ3v) is 5.73. The maximum Gasteiger partial charge on any atom is 0.332 e. The number of benzene rings is 2. The molecule has 2 heterocycles. The van der Waals surface area contributed by atoms with Gasteiger partial charge >= 0.3 is 5.69 Å². The Balaban J connectivity index is 1.59. The summed E-state index contributed by atoms with van der Waals surface area (Å²) >= 11 is 1.21. The number of thioether (sulfide) groups is 1. The van der Waals surface area contributed by atoms with Gasteiger partial charge in [0, 0.05) is 31.4 Å². The van der Waals surface area contributed by atoms with Gasteiger partial charge in [0.1, 0.15) is 5.82 Å². The van der Waals surface area contributed by atoms with Gasteiger partial charge in [-0.2, -0.15) is 0 Å². The van der Waals surface area contributed by atoms with Gasteiger partial charge in [0.2, 0.25) is 5.91 Å². The molecule has 162 valence electrons. The lowest BCUT2D eigenvalue weighted by atomic mass is 10.2. The number of carbonyl (C=O) groups excluding carboxylic acids is 1. The van der Waals surface area contributed by atoms with Crippen molar-refractivity contribution in [3.05, 3.63) is 87.6 Å². The summed E-state index contributed by atoms with van der Waals surface area (Å²) in [5, 5.41) is 11.8. The normalized spacial score (nSPS) is 10.8. The number of para-hydroxylation sites is 1. The van der Waals surface area contributed by atoms with E-state index in [-0.39, 0.29) is 17.5 Å². The fraction of sp³-hybridized carbons (Fsp3) is 0.136. The summed E-state index contributed by atoms with van der Waals surface area (Å²) in [6, 6.07) is 20.5. The van der Waals surface area contributed by atoms with Crippen molar-refractivity contribution in [2.45, 2.75) is 5.16 Å². The lowest BCUT2D eigenvalue weighted by Gasteiger charge is -2.12. The molecule has 0 spiro atoms. The van der Waals surface area contributed by atoms with Crippen LogP contribution in [-0.4, -0.2) is 35.6 Å². The van der Waals surface area contributed by atoms with Crippen molar-refractivity contribution in [1.82, 2.24) is 23.9 Å². The molecule has 10 heteroatoms. The van der Waals surface area contributed by atoms with E-state index in [2.05, 4.69) is 15.5 Å². The molecule has 1 N–H and O–H groups in total. The number of nitrogens with zero attached hydrogens (tertiary/aromatic N) is 5. The molecular weight excluding hydrogens is 428 g/mol. The standard InChI is InChI=1S/C22H20N6O3S/c1-26-17(13-19(30)27(2)22(26)31)23-18(29)14-32-21-25-24-20(15-9-5-3-6-10-15)28(21)16-11-7-4-8-12-16/h3-13H,14H2,1-2H3,(H,23,29). The van der Waals surface area contributed by atoms with Gasteiger partial charge in [0.25, 0.3) is 5.56 Å². The van der Waals surface area contributed by atoms with Gasteiger partial charge in [-0.1, -0.05) is 60.3 Å². The second kappa shape index (κ2) is 9.06. The van der Waals surface area contributed by atoms with E-state index < -0.39 is 11.2 Å². The van der Waals surface area contributed by atoms with Gasteiger partial charge in [-0.25, -0.2) is 4.79 Å². The Hall–Kier alpha value is -3.92. The molecule has 0 aliphatic carbocycles. The highest BCUT2D eigenvalue weighted by molar-refractivity contribution is 7.99. The smallest absolute Gasteiger partial charge is 0.311 e. The van der Waals surface area contributed by atoms with Crippen molar-refractivity contribution in [3.63, 3.8) is 0 Å². The van der Waals surface area contributed by atoms with Crippen molar-refractivity contribution in [3.8, 4) is 17.1 Å². The molecule has 9 nitrogen and oxygen atoms in total. The summed E-state index contributed by atoms with van der Waals surface area (Å²) in [6.07, 6.45) is 0. The first-order valence-corrected chi connectivity index (χ1v) is 10.7. The highest BCUT2D eigenvalue weighted by Gasteiger charge is 2.17. The molecule has 0 saturated carbocycles. The number of anilines is 1. The predicted molar refractivity (Wildman–Crippen MR) is 123 cm³/mol. The number of nitrogens with one attached hydrogen (secondary N) is 1. The zero-order valence-electron chi connectivity index (χ0n) is 17.4. The van der Waals surface area contributed by atoms with E-state index in [0.717, 1.165) is 15.8 Å². The molecular formula is C22H20N6O3S. The number of carbonyl (C=O) groups is 1. The minimum absolute atomic E-state index is 0.0170. The number of amides is 1. The van der Waals surface area contributed by atoms with E-state index >= 15 is 0 Å². The van der Waals surface area contributed by atoms with Gasteiger partial charge in [-0.05, 0) is 12.1 Å². The quantitative estimate of drug-likeness (QED) is 0.453. The molecule has 2 aromatic heterocycles. The lowest BCUT2D eigenvalue weighted by Crippen LogP contribution is -2.38. The van der Waals surface area contributed by atoms with Gasteiger partial charge < -0.3 is 5.32 Å². The molecule has 4 rings (SSSR count). The maximum atomic E-state index is 12.6. The number of rotatable bonds is 6. The molecule has 0 fully saturated rings. The van der Waals surface area contributed by atoms with Gasteiger partial charge in [-0.3, -0.25) is 23.3 Å². The number of hydrogen-bond donors (Lipinski definition) is 1. The molecule has 1 amide bonds. The lowest BCUT2D eigenvalue weighted by molar-refractivity contribution is -0.113. The molecule has 0 unspecified atom stereocenters. The average Bonchev–Trinajstić information content (AvgIpc) is 3.25. The van der Waals surface area contributed by atoms with Crippen molar-refractivity contribution >= 4 is 23.5 Å². The first kappa shape index (κ1) is 21.3. The Morgan fingerprint density at radius 3 is 2.28 bits per heavy atom. The van der Waals surface area contributed by atoms with Crippen LogP contribution in [0.4, 0.5) is 5.82 Å². The second-order valence-corrected chi connectivity index (χ2v) is 7.89. The molecule has 0 aliphatic rings. The third kappa shape index (κ3) is 4.26. The summed E-state index contributed by atoms with van der Waals surface area (Å²) < 4.78 is 4.07. The summed E-state index contributed by atoms with van der Waals surface area (Å²) in [5.74, 6) is 0.442. The highest BCUT2D eigenvalue weighted by Crippen LogP contribution is 2.27. The van der Waals surface area contributed by atoms with Crippen LogP contribution in [0.5, 0.6) is 0 Å².